The van der Waals surface area contributed by atoms with E-state index >= 15 is 0 Å². The molecule has 6 nitrogen and oxygen atoms in total. The molecule has 0 unspecified atom stereocenters. The van der Waals surface area contributed by atoms with Crippen molar-refractivity contribution in [2.45, 2.75) is 43.9 Å². The van der Waals surface area contributed by atoms with Gasteiger partial charge in [0.15, 0.2) is 5.78 Å². The average Bonchev–Trinajstić information content (AvgIpc) is 2.78. The van der Waals surface area contributed by atoms with Crippen LogP contribution in [0.5, 0.6) is 0 Å². The number of Topliss-reactive ketones (excluding diaryl/α,β-unsaturated/α-hetero) is 1. The third-order valence-corrected chi connectivity index (χ3v) is 7.33. The van der Waals surface area contributed by atoms with Crippen molar-refractivity contribution in [2.75, 3.05) is 19.6 Å². The van der Waals surface area contributed by atoms with Crippen LogP contribution in [-0.4, -0.2) is 44.6 Å². The summed E-state index contributed by atoms with van der Waals surface area (Å²) < 4.78 is 27.2. The van der Waals surface area contributed by atoms with Crippen LogP contribution < -0.4 is 4.72 Å². The number of rotatable bonds is 9. The van der Waals surface area contributed by atoms with Gasteiger partial charge < -0.3 is 4.90 Å². The summed E-state index contributed by atoms with van der Waals surface area (Å²) in [6.45, 7) is 2.96. The van der Waals surface area contributed by atoms with Gasteiger partial charge in [-0.05, 0) is 56.2 Å². The van der Waals surface area contributed by atoms with Crippen molar-refractivity contribution in [1.29, 1.82) is 0 Å². The van der Waals surface area contributed by atoms with Crippen LogP contribution in [0.1, 0.15) is 48.5 Å². The fourth-order valence-corrected chi connectivity index (χ4v) is 4.92. The van der Waals surface area contributed by atoms with Gasteiger partial charge in [0, 0.05) is 31.6 Å². The molecule has 2 aromatic carbocycles. The highest BCUT2D eigenvalue weighted by molar-refractivity contribution is 7.89. The predicted molar refractivity (Wildman–Crippen MR) is 120 cm³/mol. The molecular weight excluding hydrogens is 412 g/mol. The molecule has 1 amide bonds. The van der Waals surface area contributed by atoms with Crippen LogP contribution in [0.3, 0.4) is 0 Å². The van der Waals surface area contributed by atoms with Crippen LogP contribution in [-0.2, 0) is 21.2 Å². The molecule has 1 saturated heterocycles. The van der Waals surface area contributed by atoms with Crippen molar-refractivity contribution >= 4 is 21.7 Å². The number of amides is 1. The molecule has 0 atom stereocenters. The zero-order valence-corrected chi connectivity index (χ0v) is 18.7. The lowest BCUT2D eigenvalue weighted by Crippen LogP contribution is -2.40. The predicted octanol–water partition coefficient (Wildman–Crippen LogP) is 3.43. The van der Waals surface area contributed by atoms with E-state index < -0.39 is 10.0 Å². The maximum Gasteiger partial charge on any atom is 0.240 e. The second kappa shape index (κ2) is 10.7. The Morgan fingerprint density at radius 1 is 1.00 bits per heavy atom. The zero-order chi connectivity index (χ0) is 22.3. The van der Waals surface area contributed by atoms with Gasteiger partial charge in [0.25, 0.3) is 0 Å². The molecule has 3 rings (SSSR count). The maximum atomic E-state index is 12.5. The van der Waals surface area contributed by atoms with E-state index in [1.165, 1.54) is 36.8 Å². The van der Waals surface area contributed by atoms with Crippen molar-refractivity contribution in [3.63, 3.8) is 0 Å². The van der Waals surface area contributed by atoms with Crippen LogP contribution in [0, 0.1) is 5.92 Å². The Bertz CT molecular complexity index is 980. The summed E-state index contributed by atoms with van der Waals surface area (Å²) in [6.07, 6.45) is 4.32. The van der Waals surface area contributed by atoms with Gasteiger partial charge in [-0.15, -0.1) is 0 Å². The number of nitrogens with zero attached hydrogens (tertiary/aromatic N) is 1. The molecular formula is C24H30N2O4S. The summed E-state index contributed by atoms with van der Waals surface area (Å²) in [5.74, 6) is 0.489. The number of carbonyl (C=O) groups excluding carboxylic acids is 2. The number of likely N-dealkylation sites (tertiary alicyclic amines) is 1. The number of carbonyl (C=O) groups is 2. The van der Waals surface area contributed by atoms with Crippen molar-refractivity contribution in [2.24, 2.45) is 5.92 Å². The first-order chi connectivity index (χ1) is 14.8. The van der Waals surface area contributed by atoms with Crippen LogP contribution in [0.25, 0.3) is 0 Å². The van der Waals surface area contributed by atoms with E-state index in [0.29, 0.717) is 11.5 Å². The lowest BCUT2D eigenvalue weighted by molar-refractivity contribution is -0.132. The van der Waals surface area contributed by atoms with E-state index in [4.69, 9.17) is 0 Å². The Labute approximate surface area is 184 Å². The molecule has 0 aliphatic carbocycles. The monoisotopic (exact) mass is 442 g/mol. The largest absolute Gasteiger partial charge is 0.343 e. The van der Waals surface area contributed by atoms with Gasteiger partial charge in [-0.2, -0.15) is 0 Å². The third kappa shape index (κ3) is 6.74. The third-order valence-electron chi connectivity index (χ3n) is 5.85. The molecule has 1 fully saturated rings. The Kier molecular flexibility index (Phi) is 7.98. The van der Waals surface area contributed by atoms with E-state index in [1.807, 2.05) is 11.0 Å². The number of hydrogen-bond acceptors (Lipinski definition) is 4. The van der Waals surface area contributed by atoms with E-state index in [2.05, 4.69) is 29.0 Å². The van der Waals surface area contributed by atoms with Gasteiger partial charge in [-0.25, -0.2) is 13.1 Å². The number of nitrogens with one attached hydrogen (secondary N) is 1. The number of ketones is 1. The van der Waals surface area contributed by atoms with Gasteiger partial charge in [-0.1, -0.05) is 42.5 Å². The van der Waals surface area contributed by atoms with Crippen molar-refractivity contribution in [3.8, 4) is 0 Å². The fourth-order valence-electron chi connectivity index (χ4n) is 3.89. The SMILES string of the molecule is CC(=O)c1ccc(S(=O)(=O)NCCC(=O)N2CCC(CCc3ccccc3)CC2)cc1. The summed E-state index contributed by atoms with van der Waals surface area (Å²) in [5, 5.41) is 0. The van der Waals surface area contributed by atoms with Gasteiger partial charge in [0.1, 0.15) is 0 Å². The summed E-state index contributed by atoms with van der Waals surface area (Å²) in [4.78, 5) is 25.7. The molecule has 2 aromatic rings. The Hall–Kier alpha value is -2.51. The van der Waals surface area contributed by atoms with Crippen LogP contribution >= 0.6 is 0 Å². The molecule has 0 aromatic heterocycles. The summed E-state index contributed by atoms with van der Waals surface area (Å²) in [7, 11) is -3.70. The highest BCUT2D eigenvalue weighted by Crippen LogP contribution is 2.23. The van der Waals surface area contributed by atoms with Crippen LogP contribution in [0.4, 0.5) is 0 Å². The number of piperidine rings is 1. The van der Waals surface area contributed by atoms with E-state index in [9.17, 15) is 18.0 Å². The lowest BCUT2D eigenvalue weighted by Gasteiger charge is -2.32. The lowest BCUT2D eigenvalue weighted by atomic mass is 9.90. The molecule has 1 heterocycles. The highest BCUT2D eigenvalue weighted by atomic mass is 32.2. The van der Waals surface area contributed by atoms with Crippen molar-refractivity contribution < 1.29 is 18.0 Å². The Morgan fingerprint density at radius 2 is 1.65 bits per heavy atom. The summed E-state index contributed by atoms with van der Waals surface area (Å²) in [5.41, 5.74) is 1.81. The number of aryl methyl sites for hydroxylation is 1. The second-order valence-corrected chi connectivity index (χ2v) is 9.84. The minimum atomic E-state index is -3.70. The molecule has 166 valence electrons. The molecule has 0 saturated carbocycles. The standard InChI is InChI=1S/C24H30N2O4S/c1-19(27)22-9-11-23(12-10-22)31(29,30)25-16-13-24(28)26-17-14-21(15-18-26)8-7-20-5-3-2-4-6-20/h2-6,9-12,21,25H,7-8,13-18H2,1H3. The van der Waals surface area contributed by atoms with Gasteiger partial charge in [0.05, 0.1) is 4.90 Å². The highest BCUT2D eigenvalue weighted by Gasteiger charge is 2.23. The average molecular weight is 443 g/mol. The van der Waals surface area contributed by atoms with Crippen LogP contribution in [0.15, 0.2) is 59.5 Å². The van der Waals surface area contributed by atoms with Crippen LogP contribution in [0.2, 0.25) is 0 Å². The van der Waals surface area contributed by atoms with Gasteiger partial charge >= 0.3 is 0 Å². The summed E-state index contributed by atoms with van der Waals surface area (Å²) in [6, 6.07) is 16.2. The summed E-state index contributed by atoms with van der Waals surface area (Å²) >= 11 is 0. The molecule has 1 aliphatic rings. The van der Waals surface area contributed by atoms with Gasteiger partial charge in [0.2, 0.25) is 15.9 Å². The minimum absolute atomic E-state index is 0.0175. The second-order valence-electron chi connectivity index (χ2n) is 8.08. The number of hydrogen-bond donors (Lipinski definition) is 1. The first-order valence-corrected chi connectivity index (χ1v) is 12.3. The molecule has 0 radical (unpaired) electrons. The topological polar surface area (TPSA) is 83.5 Å². The molecule has 7 heteroatoms. The van der Waals surface area contributed by atoms with E-state index in [1.54, 1.807) is 0 Å². The Morgan fingerprint density at radius 3 is 2.26 bits per heavy atom. The normalized spacial score (nSPS) is 15.1. The molecule has 1 N–H and O–H groups in total. The van der Waals surface area contributed by atoms with Crippen molar-refractivity contribution in [3.05, 3.63) is 65.7 Å². The molecule has 0 spiro atoms. The molecule has 0 bridgehead atoms. The van der Waals surface area contributed by atoms with E-state index in [0.717, 1.165) is 38.8 Å². The maximum absolute atomic E-state index is 12.5. The molecule has 1 aliphatic heterocycles. The number of sulfonamides is 1. The Balaban J connectivity index is 1.39. The quantitative estimate of drug-likeness (QED) is 0.603. The van der Waals surface area contributed by atoms with E-state index in [-0.39, 0.29) is 29.6 Å². The smallest absolute Gasteiger partial charge is 0.240 e. The number of benzene rings is 2. The minimum Gasteiger partial charge on any atom is -0.343 e. The van der Waals surface area contributed by atoms with Crippen molar-refractivity contribution in [1.82, 2.24) is 9.62 Å². The fraction of sp³-hybridized carbons (Fsp3) is 0.417. The first kappa shape index (κ1) is 23.2. The zero-order valence-electron chi connectivity index (χ0n) is 17.9. The van der Waals surface area contributed by atoms with Gasteiger partial charge in [-0.3, -0.25) is 9.59 Å². The first-order valence-electron chi connectivity index (χ1n) is 10.8. The molecule has 31 heavy (non-hydrogen) atoms.